The third kappa shape index (κ3) is 6.44. The molecule has 0 aromatic rings. The Morgan fingerprint density at radius 2 is 1.48 bits per heavy atom. The summed E-state index contributed by atoms with van der Waals surface area (Å²) in [6.45, 7) is -0.00854. The summed E-state index contributed by atoms with van der Waals surface area (Å²) in [5.41, 5.74) is 0. The van der Waals surface area contributed by atoms with Crippen LogP contribution in [0, 0.1) is 0 Å². The monoisotopic (exact) mass is 359 g/mol. The second-order valence-electron chi connectivity index (χ2n) is 5.69. The second-order valence-corrected chi connectivity index (χ2v) is 5.69. The second kappa shape index (κ2) is 8.50. The number of quaternary nitrogens is 1. The molecule has 23 heavy (non-hydrogen) atoms. The third-order valence-electron chi connectivity index (χ3n) is 3.69. The molecule has 0 bridgehead atoms. The zero-order valence-corrected chi connectivity index (χ0v) is 13.1. The smallest absolute Gasteiger partial charge is 0.445 e. The molecule has 1 saturated heterocycles. The van der Waals surface area contributed by atoms with Gasteiger partial charge >= 0.3 is 19.0 Å². The number of likely N-dealkylation sites (tertiary alicyclic amines) is 1. The Bertz CT molecular complexity index is 323. The van der Waals surface area contributed by atoms with Gasteiger partial charge in [-0.1, -0.05) is 13.3 Å². The van der Waals surface area contributed by atoms with E-state index >= 15 is 0 Å². The molecular weight excluding hydrogens is 337 g/mol. The van der Waals surface area contributed by atoms with Crippen molar-refractivity contribution in [2.45, 2.75) is 44.6 Å². The van der Waals surface area contributed by atoms with E-state index in [-0.39, 0.29) is 0 Å². The van der Waals surface area contributed by atoms with Gasteiger partial charge in [0.05, 0.1) is 19.6 Å². The van der Waals surface area contributed by atoms with Crippen LogP contribution in [0.3, 0.4) is 0 Å². The summed E-state index contributed by atoms with van der Waals surface area (Å²) >= 11 is 0. The fraction of sp³-hybridized carbons (Fsp3) is 1.00. The van der Waals surface area contributed by atoms with Crippen molar-refractivity contribution in [1.29, 1.82) is 0 Å². The summed E-state index contributed by atoms with van der Waals surface area (Å²) in [7, 11) is 1.82. The van der Waals surface area contributed by atoms with Crippen LogP contribution in [0.2, 0.25) is 0 Å². The van der Waals surface area contributed by atoms with Gasteiger partial charge in [0, 0.05) is 20.0 Å². The standard InChI is InChI=1S/C10H22NO.C2BF8/c1-3-4-7-11(10-12-2)8-5-6-9-11;4-1(5,2(6,7)8)3(9,10)11/h3-10H2,1-2H3;/q+1;-1. The van der Waals surface area contributed by atoms with E-state index in [9.17, 15) is 34.9 Å². The van der Waals surface area contributed by atoms with Gasteiger partial charge in [0.15, 0.2) is 6.73 Å². The number of halogens is 8. The Labute approximate surface area is 130 Å². The van der Waals surface area contributed by atoms with E-state index in [2.05, 4.69) is 6.92 Å². The van der Waals surface area contributed by atoms with E-state index < -0.39 is 19.0 Å². The third-order valence-corrected chi connectivity index (χ3v) is 3.69. The number of ether oxygens (including phenoxy) is 1. The average molecular weight is 359 g/mol. The Hall–Kier alpha value is -0.575. The molecule has 1 heterocycles. The summed E-state index contributed by atoms with van der Waals surface area (Å²) in [6, 6.07) is 0. The zero-order valence-electron chi connectivity index (χ0n) is 13.1. The molecule has 1 aliphatic heterocycles. The van der Waals surface area contributed by atoms with Crippen LogP contribution < -0.4 is 0 Å². The van der Waals surface area contributed by atoms with Crippen molar-refractivity contribution in [2.75, 3.05) is 33.5 Å². The summed E-state index contributed by atoms with van der Waals surface area (Å²) < 4.78 is 94.3. The number of hydrogen-bond donors (Lipinski definition) is 0. The van der Waals surface area contributed by atoms with Gasteiger partial charge in [-0.3, -0.25) is 0 Å². The maximum absolute atomic E-state index is 11.2. The van der Waals surface area contributed by atoms with E-state index in [4.69, 9.17) is 4.74 Å². The lowest BCUT2D eigenvalue weighted by molar-refractivity contribution is -0.934. The molecule has 0 aromatic carbocycles. The van der Waals surface area contributed by atoms with Gasteiger partial charge < -0.3 is 22.2 Å². The van der Waals surface area contributed by atoms with E-state index in [0.29, 0.717) is 0 Å². The van der Waals surface area contributed by atoms with Crippen LogP contribution in [0.25, 0.3) is 0 Å². The van der Waals surface area contributed by atoms with Gasteiger partial charge in [0.25, 0.3) is 0 Å². The van der Waals surface area contributed by atoms with E-state index in [1.807, 2.05) is 7.11 Å². The SMILES string of the molecule is CCCC[N+]1(COC)CCCC1.F[B-](F)(F)C(F)(F)C(F)(F)F. The van der Waals surface area contributed by atoms with Gasteiger partial charge in [-0.15, -0.1) is 0 Å². The summed E-state index contributed by atoms with van der Waals surface area (Å²) in [4.78, 5) is 0. The highest BCUT2D eigenvalue weighted by molar-refractivity contribution is 6.61. The first kappa shape index (κ1) is 22.4. The quantitative estimate of drug-likeness (QED) is 0.384. The lowest BCUT2D eigenvalue weighted by Gasteiger charge is -2.33. The Kier molecular flexibility index (Phi) is 8.29. The van der Waals surface area contributed by atoms with E-state index in [0.717, 1.165) is 6.73 Å². The lowest BCUT2D eigenvalue weighted by atomic mass is 9.80. The Morgan fingerprint density at radius 3 is 1.74 bits per heavy atom. The number of methoxy groups -OCH3 is 1. The molecule has 1 fully saturated rings. The minimum atomic E-state index is -7.21. The predicted molar refractivity (Wildman–Crippen MR) is 71.0 cm³/mol. The molecule has 140 valence electrons. The summed E-state index contributed by atoms with van der Waals surface area (Å²) in [5, 5.41) is 0. The molecule has 11 heteroatoms. The molecule has 2 nitrogen and oxygen atoms in total. The minimum Gasteiger partial charge on any atom is -0.445 e. The lowest BCUT2D eigenvalue weighted by Crippen LogP contribution is -2.53. The Morgan fingerprint density at radius 1 is 1.00 bits per heavy atom. The fourth-order valence-corrected chi connectivity index (χ4v) is 2.38. The van der Waals surface area contributed by atoms with Crippen molar-refractivity contribution >= 4 is 6.98 Å². The first-order valence-corrected chi connectivity index (χ1v) is 7.31. The highest BCUT2D eigenvalue weighted by atomic mass is 19.4. The van der Waals surface area contributed by atoms with E-state index in [1.165, 1.54) is 49.8 Å². The van der Waals surface area contributed by atoms with Crippen molar-refractivity contribution in [3.05, 3.63) is 0 Å². The van der Waals surface area contributed by atoms with Gasteiger partial charge in [-0.2, -0.15) is 13.2 Å². The van der Waals surface area contributed by atoms with Crippen LogP contribution >= 0.6 is 0 Å². The number of unbranched alkanes of at least 4 members (excludes halogenated alkanes) is 1. The van der Waals surface area contributed by atoms with Gasteiger partial charge in [-0.25, -0.2) is 8.78 Å². The molecule has 1 rings (SSSR count). The fourth-order valence-electron chi connectivity index (χ4n) is 2.38. The molecule has 0 amide bonds. The normalized spacial score (nSPS) is 18.5. The molecule has 0 atom stereocenters. The minimum absolute atomic E-state index is 0.931. The van der Waals surface area contributed by atoms with Crippen LogP contribution in [-0.2, 0) is 4.74 Å². The van der Waals surface area contributed by atoms with Crippen LogP contribution in [0.5, 0.6) is 0 Å². The van der Waals surface area contributed by atoms with Crippen LogP contribution in [0.15, 0.2) is 0 Å². The molecular formula is C12H22BF8NO. The molecule has 0 aromatic heterocycles. The van der Waals surface area contributed by atoms with Crippen molar-refractivity contribution in [3.63, 3.8) is 0 Å². The molecule has 0 saturated carbocycles. The molecule has 0 unspecified atom stereocenters. The summed E-state index contributed by atoms with van der Waals surface area (Å²) in [6.07, 6.45) is -1.10. The number of nitrogens with zero attached hydrogens (tertiary/aromatic N) is 1. The van der Waals surface area contributed by atoms with Crippen LogP contribution in [-0.4, -0.2) is 56.9 Å². The largest absolute Gasteiger partial charge is 0.558 e. The number of hydrogen-bond acceptors (Lipinski definition) is 1. The predicted octanol–water partition coefficient (Wildman–Crippen LogP) is 4.57. The topological polar surface area (TPSA) is 9.23 Å². The molecule has 0 N–H and O–H groups in total. The van der Waals surface area contributed by atoms with Gasteiger partial charge in [-0.05, 0) is 6.42 Å². The highest BCUT2D eigenvalue weighted by Gasteiger charge is 2.69. The maximum Gasteiger partial charge on any atom is 0.558 e. The zero-order chi connectivity index (χ0) is 18.4. The van der Waals surface area contributed by atoms with Crippen LogP contribution in [0.4, 0.5) is 34.9 Å². The Balaban J connectivity index is 0.000000423. The van der Waals surface area contributed by atoms with Crippen molar-refractivity contribution < 1.29 is 44.1 Å². The van der Waals surface area contributed by atoms with Gasteiger partial charge in [0.1, 0.15) is 0 Å². The average Bonchev–Trinajstić information content (AvgIpc) is 2.84. The molecule has 0 aliphatic carbocycles. The number of rotatable bonds is 6. The summed E-state index contributed by atoms with van der Waals surface area (Å²) in [5.74, 6) is -6.56. The van der Waals surface area contributed by atoms with Gasteiger partial charge in [0.2, 0.25) is 0 Å². The first-order chi connectivity index (χ1) is 10.3. The molecule has 1 aliphatic rings. The van der Waals surface area contributed by atoms with Crippen LogP contribution in [0.1, 0.15) is 32.6 Å². The van der Waals surface area contributed by atoms with Crippen molar-refractivity contribution in [1.82, 2.24) is 0 Å². The van der Waals surface area contributed by atoms with Crippen molar-refractivity contribution in [3.8, 4) is 0 Å². The first-order valence-electron chi connectivity index (χ1n) is 7.31. The van der Waals surface area contributed by atoms with E-state index in [1.54, 1.807) is 0 Å². The maximum atomic E-state index is 11.2. The number of alkyl halides is 5. The molecule has 0 spiro atoms. The highest BCUT2D eigenvalue weighted by Crippen LogP contribution is 2.44. The molecule has 0 radical (unpaired) electrons. The van der Waals surface area contributed by atoms with Crippen molar-refractivity contribution in [2.24, 2.45) is 0 Å².